The number of nitrogens with one attached hydrogen (secondary N) is 1. The average Bonchev–Trinajstić information content (AvgIpc) is 2.96. The number of anilines is 2. The molecule has 0 radical (unpaired) electrons. The predicted molar refractivity (Wildman–Crippen MR) is 95.7 cm³/mol. The lowest BCUT2D eigenvalue weighted by atomic mass is 10.2. The molecule has 0 aliphatic carbocycles. The number of amides is 1. The first-order chi connectivity index (χ1) is 11.4. The van der Waals surface area contributed by atoms with E-state index in [1.54, 1.807) is 6.07 Å². The highest BCUT2D eigenvalue weighted by molar-refractivity contribution is 6.33. The molecule has 0 aliphatic rings. The Kier molecular flexibility index (Phi) is 6.20. The van der Waals surface area contributed by atoms with Gasteiger partial charge in [0.05, 0.1) is 10.7 Å². The van der Waals surface area contributed by atoms with Crippen LogP contribution in [0.3, 0.4) is 0 Å². The van der Waals surface area contributed by atoms with Crippen LogP contribution in [-0.2, 0) is 11.2 Å². The van der Waals surface area contributed by atoms with Crippen LogP contribution < -0.4 is 10.2 Å². The number of rotatable bonds is 7. The van der Waals surface area contributed by atoms with Crippen molar-refractivity contribution in [2.24, 2.45) is 0 Å². The number of halogens is 1. The van der Waals surface area contributed by atoms with E-state index in [0.717, 1.165) is 5.69 Å². The van der Waals surface area contributed by atoms with Crippen LogP contribution in [0.5, 0.6) is 0 Å². The standard InChI is InChI=1S/C17H23ClN4O2/c1-11(2)17-20-16(24-21-17)7-5-6-15(23)19-12-8-9-14(22(3)4)13(18)10-12/h8-11H,5-7H2,1-4H3,(H,19,23). The van der Waals surface area contributed by atoms with Gasteiger partial charge in [0.15, 0.2) is 5.82 Å². The minimum absolute atomic E-state index is 0.0627. The first kappa shape index (κ1) is 18.3. The predicted octanol–water partition coefficient (Wildman–Crippen LogP) is 3.87. The van der Waals surface area contributed by atoms with E-state index >= 15 is 0 Å². The molecule has 0 aliphatic heterocycles. The SMILES string of the molecule is CC(C)c1noc(CCCC(=O)Nc2ccc(N(C)C)c(Cl)c2)n1. The van der Waals surface area contributed by atoms with E-state index in [-0.39, 0.29) is 11.8 Å². The second-order valence-electron chi connectivity index (χ2n) is 6.16. The molecular formula is C17H23ClN4O2. The van der Waals surface area contributed by atoms with Crippen molar-refractivity contribution in [1.29, 1.82) is 0 Å². The van der Waals surface area contributed by atoms with Crippen molar-refractivity contribution < 1.29 is 9.32 Å². The lowest BCUT2D eigenvalue weighted by Crippen LogP contribution is -2.13. The van der Waals surface area contributed by atoms with Gasteiger partial charge < -0.3 is 14.7 Å². The first-order valence-corrected chi connectivity index (χ1v) is 8.34. The number of hydrogen-bond acceptors (Lipinski definition) is 5. The molecule has 130 valence electrons. The summed E-state index contributed by atoms with van der Waals surface area (Å²) < 4.78 is 5.16. The van der Waals surface area contributed by atoms with Gasteiger partial charge in [-0.05, 0) is 24.6 Å². The van der Waals surface area contributed by atoms with Crippen molar-refractivity contribution in [3.8, 4) is 0 Å². The van der Waals surface area contributed by atoms with Gasteiger partial charge in [0, 0.05) is 38.5 Å². The van der Waals surface area contributed by atoms with Gasteiger partial charge in [0.25, 0.3) is 0 Å². The van der Waals surface area contributed by atoms with Gasteiger partial charge in [-0.1, -0.05) is 30.6 Å². The monoisotopic (exact) mass is 350 g/mol. The molecule has 2 aromatic rings. The molecule has 2 rings (SSSR count). The van der Waals surface area contributed by atoms with Crippen molar-refractivity contribution >= 4 is 28.9 Å². The summed E-state index contributed by atoms with van der Waals surface area (Å²) in [7, 11) is 3.84. The Labute approximate surface area is 147 Å². The zero-order valence-corrected chi connectivity index (χ0v) is 15.2. The number of aromatic nitrogens is 2. The Morgan fingerprint density at radius 3 is 2.71 bits per heavy atom. The van der Waals surface area contributed by atoms with E-state index in [4.69, 9.17) is 16.1 Å². The van der Waals surface area contributed by atoms with E-state index in [0.29, 0.717) is 41.7 Å². The van der Waals surface area contributed by atoms with E-state index in [9.17, 15) is 4.79 Å². The van der Waals surface area contributed by atoms with E-state index in [2.05, 4.69) is 15.5 Å². The van der Waals surface area contributed by atoms with E-state index in [1.807, 2.05) is 45.0 Å². The fourth-order valence-corrected chi connectivity index (χ4v) is 2.52. The van der Waals surface area contributed by atoms with Crippen molar-refractivity contribution in [2.45, 2.75) is 39.0 Å². The molecule has 1 heterocycles. The van der Waals surface area contributed by atoms with Gasteiger partial charge in [0.1, 0.15) is 0 Å². The molecule has 1 amide bonds. The highest BCUT2D eigenvalue weighted by Gasteiger charge is 2.11. The zero-order chi connectivity index (χ0) is 17.7. The number of benzene rings is 1. The van der Waals surface area contributed by atoms with Crippen molar-refractivity contribution in [3.05, 3.63) is 34.9 Å². The highest BCUT2D eigenvalue weighted by atomic mass is 35.5. The Hall–Kier alpha value is -2.08. The van der Waals surface area contributed by atoms with Gasteiger partial charge >= 0.3 is 0 Å². The first-order valence-electron chi connectivity index (χ1n) is 7.96. The quantitative estimate of drug-likeness (QED) is 0.820. The van der Waals surface area contributed by atoms with Gasteiger partial charge in [-0.2, -0.15) is 4.98 Å². The summed E-state index contributed by atoms with van der Waals surface area (Å²) in [5.41, 5.74) is 1.60. The Morgan fingerprint density at radius 2 is 2.12 bits per heavy atom. The normalized spacial score (nSPS) is 10.9. The molecule has 0 spiro atoms. The largest absolute Gasteiger partial charge is 0.376 e. The molecule has 7 heteroatoms. The smallest absolute Gasteiger partial charge is 0.226 e. The molecule has 0 atom stereocenters. The fourth-order valence-electron chi connectivity index (χ4n) is 2.18. The van der Waals surface area contributed by atoms with E-state index in [1.165, 1.54) is 0 Å². The number of carbonyl (C=O) groups is 1. The van der Waals surface area contributed by atoms with Crippen molar-refractivity contribution in [3.63, 3.8) is 0 Å². The zero-order valence-electron chi connectivity index (χ0n) is 14.5. The molecule has 1 aromatic heterocycles. The molecule has 0 saturated carbocycles. The minimum atomic E-state index is -0.0627. The van der Waals surface area contributed by atoms with Crippen molar-refractivity contribution in [1.82, 2.24) is 10.1 Å². The molecule has 0 unspecified atom stereocenters. The average molecular weight is 351 g/mol. The summed E-state index contributed by atoms with van der Waals surface area (Å²) in [4.78, 5) is 18.2. The minimum Gasteiger partial charge on any atom is -0.376 e. The van der Waals surface area contributed by atoms with Crippen LogP contribution in [-0.4, -0.2) is 30.1 Å². The highest BCUT2D eigenvalue weighted by Crippen LogP contribution is 2.27. The Balaban J connectivity index is 1.81. The summed E-state index contributed by atoms with van der Waals surface area (Å²) in [6, 6.07) is 5.47. The van der Waals surface area contributed by atoms with Crippen LogP contribution in [0, 0.1) is 0 Å². The van der Waals surface area contributed by atoms with Gasteiger partial charge in [0.2, 0.25) is 11.8 Å². The van der Waals surface area contributed by atoms with Crippen LogP contribution in [0.2, 0.25) is 5.02 Å². The van der Waals surface area contributed by atoms with Crippen LogP contribution in [0.1, 0.15) is 44.3 Å². The number of hydrogen-bond donors (Lipinski definition) is 1. The number of aryl methyl sites for hydroxylation is 1. The summed E-state index contributed by atoms with van der Waals surface area (Å²) in [5.74, 6) is 1.45. The molecule has 0 bridgehead atoms. The number of carbonyl (C=O) groups excluding carboxylic acids is 1. The summed E-state index contributed by atoms with van der Waals surface area (Å²) in [6.45, 7) is 4.02. The molecule has 0 saturated heterocycles. The van der Waals surface area contributed by atoms with Crippen molar-refractivity contribution in [2.75, 3.05) is 24.3 Å². The molecule has 1 N–H and O–H groups in total. The second kappa shape index (κ2) is 8.15. The van der Waals surface area contributed by atoms with Crippen LogP contribution in [0.15, 0.2) is 22.7 Å². The van der Waals surface area contributed by atoms with Crippen LogP contribution >= 0.6 is 11.6 Å². The van der Waals surface area contributed by atoms with Crippen LogP contribution in [0.25, 0.3) is 0 Å². The fraction of sp³-hybridized carbons (Fsp3) is 0.471. The molecule has 24 heavy (non-hydrogen) atoms. The second-order valence-corrected chi connectivity index (χ2v) is 6.57. The lowest BCUT2D eigenvalue weighted by molar-refractivity contribution is -0.116. The maximum absolute atomic E-state index is 12.0. The Bertz CT molecular complexity index is 698. The summed E-state index contributed by atoms with van der Waals surface area (Å²) in [5, 5.41) is 7.36. The van der Waals surface area contributed by atoms with Gasteiger partial charge in [-0.15, -0.1) is 0 Å². The molecule has 1 aromatic carbocycles. The molecular weight excluding hydrogens is 328 g/mol. The third-order valence-electron chi connectivity index (χ3n) is 3.51. The third kappa shape index (κ3) is 4.96. The lowest BCUT2D eigenvalue weighted by Gasteiger charge is -2.15. The topological polar surface area (TPSA) is 71.3 Å². The third-order valence-corrected chi connectivity index (χ3v) is 3.81. The Morgan fingerprint density at radius 1 is 1.38 bits per heavy atom. The van der Waals surface area contributed by atoms with Gasteiger partial charge in [-0.25, -0.2) is 0 Å². The summed E-state index contributed by atoms with van der Waals surface area (Å²) in [6.07, 6.45) is 1.62. The maximum atomic E-state index is 12.0. The molecule has 0 fully saturated rings. The number of nitrogens with zero attached hydrogens (tertiary/aromatic N) is 3. The van der Waals surface area contributed by atoms with Gasteiger partial charge in [-0.3, -0.25) is 4.79 Å². The summed E-state index contributed by atoms with van der Waals surface area (Å²) >= 11 is 6.20. The van der Waals surface area contributed by atoms with Crippen LogP contribution in [0.4, 0.5) is 11.4 Å². The van der Waals surface area contributed by atoms with E-state index < -0.39 is 0 Å². The maximum Gasteiger partial charge on any atom is 0.226 e. The molecule has 6 nitrogen and oxygen atoms in total.